The molecule has 0 bridgehead atoms. The molecule has 8 heteroatoms. The van der Waals surface area contributed by atoms with E-state index in [0.717, 1.165) is 30.6 Å². The summed E-state index contributed by atoms with van der Waals surface area (Å²) < 4.78 is 16.7. The van der Waals surface area contributed by atoms with E-state index in [0.29, 0.717) is 17.1 Å². The molecule has 2 heterocycles. The molecule has 168 valence electrons. The van der Waals surface area contributed by atoms with Gasteiger partial charge in [-0.2, -0.15) is 0 Å². The molecule has 2 amide bonds. The quantitative estimate of drug-likeness (QED) is 0.458. The molecule has 1 atom stereocenters. The molecule has 0 saturated heterocycles. The number of aromatic nitrogens is 1. The molecule has 1 aromatic heterocycles. The van der Waals surface area contributed by atoms with Crippen molar-refractivity contribution < 1.29 is 28.6 Å². The zero-order chi connectivity index (χ0) is 22.7. The van der Waals surface area contributed by atoms with E-state index in [1.165, 1.54) is 13.3 Å². The number of pyridine rings is 1. The smallest absolute Gasteiger partial charge is 0.308 e. The fourth-order valence-electron chi connectivity index (χ4n) is 4.28. The Balaban J connectivity index is 1.68. The lowest BCUT2D eigenvalue weighted by molar-refractivity contribution is -0.144. The zero-order valence-corrected chi connectivity index (χ0v) is 18.2. The molecule has 2 aromatic rings. The summed E-state index contributed by atoms with van der Waals surface area (Å²) in [7, 11) is 1.53. The average molecular weight is 438 g/mol. The minimum Gasteiger partial charge on any atom is -0.493 e. The average Bonchev–Trinajstić information content (AvgIpc) is 3.40. The number of hydrogen-bond acceptors (Lipinski definition) is 7. The molecule has 1 aromatic carbocycles. The topological polar surface area (TPSA) is 95.0 Å². The van der Waals surface area contributed by atoms with E-state index in [2.05, 4.69) is 4.98 Å². The van der Waals surface area contributed by atoms with Crippen molar-refractivity contribution in [1.29, 1.82) is 0 Å². The van der Waals surface area contributed by atoms with Crippen molar-refractivity contribution in [2.24, 2.45) is 0 Å². The van der Waals surface area contributed by atoms with Gasteiger partial charge in [0, 0.05) is 6.20 Å². The molecule has 0 spiro atoms. The number of nitrogens with zero attached hydrogens (tertiary/aromatic N) is 2. The summed E-state index contributed by atoms with van der Waals surface area (Å²) in [6.45, 7) is 1.91. The maximum atomic E-state index is 13.1. The van der Waals surface area contributed by atoms with Crippen molar-refractivity contribution in [3.8, 4) is 11.5 Å². The molecule has 4 rings (SSSR count). The molecule has 1 aliphatic carbocycles. The van der Waals surface area contributed by atoms with Crippen LogP contribution in [0.3, 0.4) is 0 Å². The van der Waals surface area contributed by atoms with Gasteiger partial charge in [-0.1, -0.05) is 6.07 Å². The number of rotatable bonds is 8. The molecular formula is C24H26N2O6. The number of fused-ring (bicyclic) bond motifs is 1. The van der Waals surface area contributed by atoms with Gasteiger partial charge in [-0.05, 0) is 62.4 Å². The standard InChI is InChI=1S/C24H26N2O6/c1-3-31-21(27)14-18(26-23(28)17-9-6-12-25-22(17)24(26)29)15-10-11-19(20(13-15)30-2)32-16-7-4-5-8-16/h6,9-13,16,18H,3-5,7-8,14H2,1-2H3. The Labute approximate surface area is 186 Å². The Morgan fingerprint density at radius 1 is 1.16 bits per heavy atom. The van der Waals surface area contributed by atoms with Gasteiger partial charge in [0.05, 0.1) is 37.8 Å². The summed E-state index contributed by atoms with van der Waals surface area (Å²) in [5.74, 6) is -0.449. The Morgan fingerprint density at radius 3 is 2.62 bits per heavy atom. The van der Waals surface area contributed by atoms with E-state index in [-0.39, 0.29) is 30.4 Å². The van der Waals surface area contributed by atoms with Crippen LogP contribution in [0.25, 0.3) is 0 Å². The first-order valence-corrected chi connectivity index (χ1v) is 10.9. The van der Waals surface area contributed by atoms with Gasteiger partial charge in [0.1, 0.15) is 5.69 Å². The van der Waals surface area contributed by atoms with Crippen LogP contribution in [0, 0.1) is 0 Å². The van der Waals surface area contributed by atoms with E-state index in [9.17, 15) is 14.4 Å². The Bertz CT molecular complexity index is 996. The van der Waals surface area contributed by atoms with E-state index < -0.39 is 23.8 Å². The third-order valence-corrected chi connectivity index (χ3v) is 5.82. The summed E-state index contributed by atoms with van der Waals surface area (Å²) in [6.07, 6.45) is 5.71. The summed E-state index contributed by atoms with van der Waals surface area (Å²) in [5.41, 5.74) is 0.877. The van der Waals surface area contributed by atoms with Gasteiger partial charge < -0.3 is 14.2 Å². The highest BCUT2D eigenvalue weighted by molar-refractivity contribution is 6.20. The SMILES string of the molecule is CCOC(=O)CC(c1ccc(OC2CCCC2)c(OC)c1)N1C(=O)c2cccnc2C1=O. The van der Waals surface area contributed by atoms with Crippen LogP contribution in [-0.4, -0.2) is 47.5 Å². The zero-order valence-electron chi connectivity index (χ0n) is 18.2. The molecule has 1 aliphatic heterocycles. The maximum Gasteiger partial charge on any atom is 0.308 e. The predicted octanol–water partition coefficient (Wildman–Crippen LogP) is 3.70. The van der Waals surface area contributed by atoms with Crippen molar-refractivity contribution >= 4 is 17.8 Å². The van der Waals surface area contributed by atoms with E-state index >= 15 is 0 Å². The van der Waals surface area contributed by atoms with E-state index in [1.54, 1.807) is 37.3 Å². The third kappa shape index (κ3) is 4.17. The number of hydrogen-bond donors (Lipinski definition) is 0. The van der Waals surface area contributed by atoms with Crippen LogP contribution in [0.15, 0.2) is 36.5 Å². The lowest BCUT2D eigenvalue weighted by Gasteiger charge is -2.26. The number of amides is 2. The highest BCUT2D eigenvalue weighted by Gasteiger charge is 2.42. The Kier molecular flexibility index (Phi) is 6.39. The molecule has 8 nitrogen and oxygen atoms in total. The molecule has 1 fully saturated rings. The van der Waals surface area contributed by atoms with Gasteiger partial charge in [0.25, 0.3) is 11.8 Å². The largest absolute Gasteiger partial charge is 0.493 e. The van der Waals surface area contributed by atoms with E-state index in [1.807, 2.05) is 0 Å². The number of esters is 1. The first-order chi connectivity index (χ1) is 15.5. The van der Waals surface area contributed by atoms with Crippen molar-refractivity contribution in [1.82, 2.24) is 9.88 Å². The molecule has 32 heavy (non-hydrogen) atoms. The van der Waals surface area contributed by atoms with Gasteiger partial charge in [-0.3, -0.25) is 24.3 Å². The second kappa shape index (κ2) is 9.38. The maximum absolute atomic E-state index is 13.1. The molecular weight excluding hydrogens is 412 g/mol. The van der Waals surface area contributed by atoms with Crippen LogP contribution in [0.5, 0.6) is 11.5 Å². The molecule has 1 unspecified atom stereocenters. The van der Waals surface area contributed by atoms with Crippen LogP contribution in [0.1, 0.15) is 71.5 Å². The summed E-state index contributed by atoms with van der Waals surface area (Å²) in [5, 5.41) is 0. The number of carbonyl (C=O) groups is 3. The Hall–Kier alpha value is -3.42. The van der Waals surface area contributed by atoms with Crippen molar-refractivity contribution in [3.63, 3.8) is 0 Å². The van der Waals surface area contributed by atoms with Gasteiger partial charge in [-0.15, -0.1) is 0 Å². The number of benzene rings is 1. The fraction of sp³-hybridized carbons (Fsp3) is 0.417. The minimum absolute atomic E-state index is 0.0829. The highest BCUT2D eigenvalue weighted by atomic mass is 16.5. The summed E-state index contributed by atoms with van der Waals surface area (Å²) in [6, 6.07) is 7.53. The lowest BCUT2D eigenvalue weighted by Crippen LogP contribution is -2.35. The van der Waals surface area contributed by atoms with Gasteiger partial charge >= 0.3 is 5.97 Å². The predicted molar refractivity (Wildman–Crippen MR) is 115 cm³/mol. The van der Waals surface area contributed by atoms with Crippen molar-refractivity contribution in [2.45, 2.75) is 51.2 Å². The van der Waals surface area contributed by atoms with Crippen LogP contribution in [0.4, 0.5) is 0 Å². The lowest BCUT2D eigenvalue weighted by atomic mass is 10.0. The molecule has 2 aliphatic rings. The van der Waals surface area contributed by atoms with Crippen molar-refractivity contribution in [2.75, 3.05) is 13.7 Å². The van der Waals surface area contributed by atoms with Crippen LogP contribution in [0.2, 0.25) is 0 Å². The number of methoxy groups -OCH3 is 1. The Morgan fingerprint density at radius 2 is 1.94 bits per heavy atom. The first kappa shape index (κ1) is 21.8. The van der Waals surface area contributed by atoms with Crippen LogP contribution < -0.4 is 9.47 Å². The normalized spacial score (nSPS) is 16.8. The summed E-state index contributed by atoms with van der Waals surface area (Å²) >= 11 is 0. The second-order valence-electron chi connectivity index (χ2n) is 7.84. The second-order valence-corrected chi connectivity index (χ2v) is 7.84. The van der Waals surface area contributed by atoms with Crippen LogP contribution >= 0.6 is 0 Å². The van der Waals surface area contributed by atoms with Crippen molar-refractivity contribution in [3.05, 3.63) is 53.3 Å². The highest BCUT2D eigenvalue weighted by Crippen LogP contribution is 2.38. The number of ether oxygens (including phenoxy) is 3. The fourth-order valence-corrected chi connectivity index (χ4v) is 4.28. The minimum atomic E-state index is -0.863. The molecule has 0 N–H and O–H groups in total. The summed E-state index contributed by atoms with van der Waals surface area (Å²) in [4.78, 5) is 43.6. The van der Waals surface area contributed by atoms with Gasteiger partial charge in [-0.25, -0.2) is 0 Å². The molecule has 0 radical (unpaired) electrons. The first-order valence-electron chi connectivity index (χ1n) is 10.9. The van der Waals surface area contributed by atoms with Crippen LogP contribution in [-0.2, 0) is 9.53 Å². The number of imide groups is 1. The third-order valence-electron chi connectivity index (χ3n) is 5.82. The monoisotopic (exact) mass is 438 g/mol. The van der Waals surface area contributed by atoms with Gasteiger partial charge in [0.2, 0.25) is 0 Å². The van der Waals surface area contributed by atoms with E-state index in [4.69, 9.17) is 14.2 Å². The number of carbonyl (C=O) groups excluding carboxylic acids is 3. The van der Waals surface area contributed by atoms with Gasteiger partial charge in [0.15, 0.2) is 11.5 Å². The molecule has 1 saturated carbocycles.